The number of hydrogen-bond donors (Lipinski definition) is 0. The third kappa shape index (κ3) is 3.83. The number of ether oxygens (including phenoxy) is 1. The van der Waals surface area contributed by atoms with Crippen LogP contribution < -0.4 is 0 Å². The van der Waals surface area contributed by atoms with Crippen molar-refractivity contribution in [2.75, 3.05) is 13.1 Å². The minimum atomic E-state index is -0.317. The molecular formula is C16H21NO3. The second-order valence-electron chi connectivity index (χ2n) is 5.19. The lowest BCUT2D eigenvalue weighted by Gasteiger charge is -2.30. The molecule has 0 bridgehead atoms. The molecular weight excluding hydrogens is 254 g/mol. The van der Waals surface area contributed by atoms with Crippen molar-refractivity contribution in [2.24, 2.45) is 5.92 Å². The van der Waals surface area contributed by atoms with Crippen LogP contribution in [-0.2, 0) is 16.1 Å². The molecule has 1 aromatic carbocycles. The monoisotopic (exact) mass is 275 g/mol. The predicted molar refractivity (Wildman–Crippen MR) is 76.2 cm³/mol. The SMILES string of the molecule is CCC[C@H]1CN(C(=O)OCc2ccccc2)CCC1=O. The Morgan fingerprint density at radius 1 is 1.35 bits per heavy atom. The highest BCUT2D eigenvalue weighted by Gasteiger charge is 2.29. The molecule has 0 aromatic heterocycles. The fraction of sp³-hybridized carbons (Fsp3) is 0.500. The van der Waals surface area contributed by atoms with E-state index in [1.54, 1.807) is 4.90 Å². The van der Waals surface area contributed by atoms with Gasteiger partial charge in [-0.1, -0.05) is 43.7 Å². The number of rotatable bonds is 4. The number of likely N-dealkylation sites (tertiary alicyclic amines) is 1. The molecule has 1 aromatic rings. The van der Waals surface area contributed by atoms with Crippen molar-refractivity contribution < 1.29 is 14.3 Å². The summed E-state index contributed by atoms with van der Waals surface area (Å²) in [6.45, 7) is 3.31. The zero-order valence-corrected chi connectivity index (χ0v) is 11.9. The number of amides is 1. The molecule has 0 saturated carbocycles. The van der Waals surface area contributed by atoms with E-state index in [1.807, 2.05) is 30.3 Å². The van der Waals surface area contributed by atoms with Gasteiger partial charge in [-0.3, -0.25) is 4.79 Å². The van der Waals surface area contributed by atoms with Gasteiger partial charge in [0.1, 0.15) is 12.4 Å². The first kappa shape index (κ1) is 14.6. The van der Waals surface area contributed by atoms with Crippen LogP contribution in [0.5, 0.6) is 0 Å². The van der Waals surface area contributed by atoms with Crippen LogP contribution in [0.15, 0.2) is 30.3 Å². The Hall–Kier alpha value is -1.84. The second kappa shape index (κ2) is 7.08. The minimum Gasteiger partial charge on any atom is -0.445 e. The highest BCUT2D eigenvalue weighted by Crippen LogP contribution is 2.18. The first-order chi connectivity index (χ1) is 9.70. The third-order valence-electron chi connectivity index (χ3n) is 3.62. The zero-order valence-electron chi connectivity index (χ0n) is 11.9. The molecule has 1 fully saturated rings. The van der Waals surface area contributed by atoms with Crippen molar-refractivity contribution in [3.8, 4) is 0 Å². The summed E-state index contributed by atoms with van der Waals surface area (Å²) in [4.78, 5) is 25.4. The fourth-order valence-electron chi connectivity index (χ4n) is 2.49. The Balaban J connectivity index is 1.84. The standard InChI is InChI=1S/C16H21NO3/c1-2-6-14-11-17(10-9-15(14)18)16(19)20-12-13-7-4-3-5-8-13/h3-5,7-8,14H,2,6,9-12H2,1H3/t14-/m0/s1. The smallest absolute Gasteiger partial charge is 0.410 e. The Morgan fingerprint density at radius 2 is 2.10 bits per heavy atom. The second-order valence-corrected chi connectivity index (χ2v) is 5.19. The van der Waals surface area contributed by atoms with Crippen molar-refractivity contribution in [3.05, 3.63) is 35.9 Å². The summed E-state index contributed by atoms with van der Waals surface area (Å²) in [5, 5.41) is 0. The average Bonchev–Trinajstić information content (AvgIpc) is 2.48. The molecule has 108 valence electrons. The molecule has 1 heterocycles. The lowest BCUT2D eigenvalue weighted by atomic mass is 9.92. The molecule has 4 nitrogen and oxygen atoms in total. The summed E-state index contributed by atoms with van der Waals surface area (Å²) in [5.41, 5.74) is 0.971. The van der Waals surface area contributed by atoms with Crippen LogP contribution in [0.2, 0.25) is 0 Å². The number of hydrogen-bond acceptors (Lipinski definition) is 3. The van der Waals surface area contributed by atoms with Crippen LogP contribution in [0, 0.1) is 5.92 Å². The molecule has 0 N–H and O–H groups in total. The van der Waals surface area contributed by atoms with E-state index in [0.29, 0.717) is 19.5 Å². The van der Waals surface area contributed by atoms with Gasteiger partial charge in [0.15, 0.2) is 0 Å². The summed E-state index contributed by atoms with van der Waals surface area (Å²) >= 11 is 0. The van der Waals surface area contributed by atoms with Gasteiger partial charge < -0.3 is 9.64 Å². The van der Waals surface area contributed by atoms with Gasteiger partial charge in [-0.2, -0.15) is 0 Å². The van der Waals surface area contributed by atoms with Crippen molar-refractivity contribution >= 4 is 11.9 Å². The van der Waals surface area contributed by atoms with Crippen LogP contribution in [0.25, 0.3) is 0 Å². The summed E-state index contributed by atoms with van der Waals surface area (Å²) in [5.74, 6) is 0.261. The number of carbonyl (C=O) groups excluding carboxylic acids is 2. The Labute approximate surface area is 119 Å². The van der Waals surface area contributed by atoms with Crippen LogP contribution >= 0.6 is 0 Å². The predicted octanol–water partition coefficient (Wildman–Crippen LogP) is 3.01. The van der Waals surface area contributed by atoms with Crippen LogP contribution in [0.3, 0.4) is 0 Å². The number of benzene rings is 1. The Bertz CT molecular complexity index is 458. The van der Waals surface area contributed by atoms with E-state index in [2.05, 4.69) is 6.92 Å². The maximum absolute atomic E-state index is 12.0. The van der Waals surface area contributed by atoms with E-state index >= 15 is 0 Å². The summed E-state index contributed by atoms with van der Waals surface area (Å²) in [6.07, 6.45) is 1.94. The van der Waals surface area contributed by atoms with E-state index in [4.69, 9.17) is 4.74 Å². The average molecular weight is 275 g/mol. The maximum Gasteiger partial charge on any atom is 0.410 e. The van der Waals surface area contributed by atoms with Gasteiger partial charge in [0.2, 0.25) is 0 Å². The quantitative estimate of drug-likeness (QED) is 0.848. The molecule has 0 aliphatic carbocycles. The van der Waals surface area contributed by atoms with Gasteiger partial charge in [0, 0.05) is 25.4 Å². The molecule has 4 heteroatoms. The first-order valence-electron chi connectivity index (χ1n) is 7.19. The maximum atomic E-state index is 12.0. The van der Waals surface area contributed by atoms with Crippen LogP contribution in [-0.4, -0.2) is 29.9 Å². The molecule has 0 unspecified atom stereocenters. The third-order valence-corrected chi connectivity index (χ3v) is 3.62. The van der Waals surface area contributed by atoms with Gasteiger partial charge >= 0.3 is 6.09 Å². The molecule has 20 heavy (non-hydrogen) atoms. The lowest BCUT2D eigenvalue weighted by Crippen LogP contribution is -2.44. The van der Waals surface area contributed by atoms with Gasteiger partial charge in [-0.15, -0.1) is 0 Å². The molecule has 1 aliphatic heterocycles. The van der Waals surface area contributed by atoms with Crippen molar-refractivity contribution in [3.63, 3.8) is 0 Å². The largest absolute Gasteiger partial charge is 0.445 e. The van der Waals surface area contributed by atoms with Gasteiger partial charge in [-0.05, 0) is 12.0 Å². The summed E-state index contributed by atoms with van der Waals surface area (Å²) in [7, 11) is 0. The topological polar surface area (TPSA) is 46.6 Å². The minimum absolute atomic E-state index is 0.0157. The highest BCUT2D eigenvalue weighted by molar-refractivity contribution is 5.83. The highest BCUT2D eigenvalue weighted by atomic mass is 16.6. The normalized spacial score (nSPS) is 18.9. The van der Waals surface area contributed by atoms with Gasteiger partial charge in [-0.25, -0.2) is 4.79 Å². The molecule has 0 spiro atoms. The van der Waals surface area contributed by atoms with Crippen molar-refractivity contribution in [2.45, 2.75) is 32.8 Å². The molecule has 0 radical (unpaired) electrons. The van der Waals surface area contributed by atoms with Crippen LogP contribution in [0.1, 0.15) is 31.7 Å². The molecule has 2 rings (SSSR count). The number of ketones is 1. The number of Topliss-reactive ketones (excluding diaryl/α,β-unsaturated/α-hetero) is 1. The number of piperidine rings is 1. The molecule has 1 aliphatic rings. The van der Waals surface area contributed by atoms with E-state index in [9.17, 15) is 9.59 Å². The molecule has 1 amide bonds. The number of nitrogens with zero attached hydrogens (tertiary/aromatic N) is 1. The fourth-order valence-corrected chi connectivity index (χ4v) is 2.49. The zero-order chi connectivity index (χ0) is 14.4. The summed E-state index contributed by atoms with van der Waals surface area (Å²) < 4.78 is 5.30. The van der Waals surface area contributed by atoms with Crippen molar-refractivity contribution in [1.29, 1.82) is 0 Å². The van der Waals surface area contributed by atoms with E-state index in [0.717, 1.165) is 18.4 Å². The Morgan fingerprint density at radius 3 is 2.80 bits per heavy atom. The molecule has 1 atom stereocenters. The van der Waals surface area contributed by atoms with E-state index in [-0.39, 0.29) is 24.4 Å². The molecule has 1 saturated heterocycles. The van der Waals surface area contributed by atoms with E-state index < -0.39 is 0 Å². The number of carbonyl (C=O) groups is 2. The van der Waals surface area contributed by atoms with Gasteiger partial charge in [0.05, 0.1) is 0 Å². The van der Waals surface area contributed by atoms with Crippen LogP contribution in [0.4, 0.5) is 4.79 Å². The van der Waals surface area contributed by atoms with Crippen molar-refractivity contribution in [1.82, 2.24) is 4.90 Å². The van der Waals surface area contributed by atoms with E-state index in [1.165, 1.54) is 0 Å². The first-order valence-corrected chi connectivity index (χ1v) is 7.19. The Kier molecular flexibility index (Phi) is 5.16. The lowest BCUT2D eigenvalue weighted by molar-refractivity contribution is -0.126. The van der Waals surface area contributed by atoms with Gasteiger partial charge in [0.25, 0.3) is 0 Å². The summed E-state index contributed by atoms with van der Waals surface area (Å²) in [6, 6.07) is 9.61.